The van der Waals surface area contributed by atoms with Gasteiger partial charge < -0.3 is 10.4 Å². The van der Waals surface area contributed by atoms with Crippen LogP contribution in [0, 0.1) is 0 Å². The molecule has 2 aromatic carbocycles. The fourth-order valence-electron chi connectivity index (χ4n) is 1.73. The molecular formula is C14H10BrClF3NO. The Morgan fingerprint density at radius 2 is 1.90 bits per heavy atom. The van der Waals surface area contributed by atoms with Crippen molar-refractivity contribution in [2.24, 2.45) is 0 Å². The van der Waals surface area contributed by atoms with Crippen molar-refractivity contribution < 1.29 is 18.3 Å². The number of para-hydroxylation sites is 1. The second-order valence-electron chi connectivity index (χ2n) is 4.29. The Morgan fingerprint density at radius 1 is 1.19 bits per heavy atom. The van der Waals surface area contributed by atoms with E-state index in [1.54, 1.807) is 18.2 Å². The normalized spacial score (nSPS) is 11.5. The van der Waals surface area contributed by atoms with Crippen LogP contribution in [-0.2, 0) is 12.7 Å². The van der Waals surface area contributed by atoms with Gasteiger partial charge >= 0.3 is 6.18 Å². The highest BCUT2D eigenvalue weighted by Gasteiger charge is 2.30. The summed E-state index contributed by atoms with van der Waals surface area (Å²) in [6.07, 6.45) is -4.43. The van der Waals surface area contributed by atoms with Crippen LogP contribution in [0.3, 0.4) is 0 Å². The van der Waals surface area contributed by atoms with Crippen LogP contribution < -0.4 is 5.32 Å². The minimum Gasteiger partial charge on any atom is -0.506 e. The van der Waals surface area contributed by atoms with E-state index in [1.807, 2.05) is 0 Å². The van der Waals surface area contributed by atoms with Gasteiger partial charge in [-0.25, -0.2) is 0 Å². The van der Waals surface area contributed by atoms with Crippen LogP contribution in [0.5, 0.6) is 5.75 Å². The number of hydrogen-bond acceptors (Lipinski definition) is 2. The third-order valence-corrected chi connectivity index (χ3v) is 3.80. The number of anilines is 1. The quantitative estimate of drug-likeness (QED) is 0.743. The van der Waals surface area contributed by atoms with Gasteiger partial charge in [0.05, 0.1) is 20.7 Å². The van der Waals surface area contributed by atoms with Crippen molar-refractivity contribution in [2.75, 3.05) is 5.32 Å². The molecule has 0 aliphatic carbocycles. The molecule has 0 saturated carbocycles. The summed E-state index contributed by atoms with van der Waals surface area (Å²) in [5.74, 6) is 0.0353. The maximum Gasteiger partial charge on any atom is 0.416 e. The zero-order chi connectivity index (χ0) is 15.6. The van der Waals surface area contributed by atoms with Gasteiger partial charge in [0.15, 0.2) is 0 Å². The predicted octanol–water partition coefficient (Wildman–Crippen LogP) is 5.44. The Labute approximate surface area is 132 Å². The fourth-order valence-corrected chi connectivity index (χ4v) is 2.32. The predicted molar refractivity (Wildman–Crippen MR) is 79.6 cm³/mol. The van der Waals surface area contributed by atoms with Crippen molar-refractivity contribution in [1.29, 1.82) is 0 Å². The van der Waals surface area contributed by atoms with Crippen molar-refractivity contribution in [1.82, 2.24) is 0 Å². The number of phenolic OH excluding ortho intramolecular Hbond substituents is 1. The van der Waals surface area contributed by atoms with Gasteiger partial charge in [0.25, 0.3) is 0 Å². The van der Waals surface area contributed by atoms with Gasteiger partial charge in [0.1, 0.15) is 5.75 Å². The van der Waals surface area contributed by atoms with Crippen molar-refractivity contribution in [3.8, 4) is 5.75 Å². The second kappa shape index (κ2) is 6.15. The van der Waals surface area contributed by atoms with E-state index in [2.05, 4.69) is 21.2 Å². The summed E-state index contributed by atoms with van der Waals surface area (Å²) in [5.41, 5.74) is -0.0865. The van der Waals surface area contributed by atoms with Crippen LogP contribution in [0.25, 0.3) is 0 Å². The molecular weight excluding hydrogens is 371 g/mol. The molecule has 0 unspecified atom stereocenters. The van der Waals surface area contributed by atoms with Crippen LogP contribution in [-0.4, -0.2) is 5.11 Å². The van der Waals surface area contributed by atoms with E-state index in [-0.39, 0.29) is 23.0 Å². The topological polar surface area (TPSA) is 32.3 Å². The molecule has 2 rings (SSSR count). The third kappa shape index (κ3) is 3.83. The molecule has 0 atom stereocenters. The molecule has 21 heavy (non-hydrogen) atoms. The number of rotatable bonds is 3. The second-order valence-corrected chi connectivity index (χ2v) is 5.56. The van der Waals surface area contributed by atoms with E-state index in [1.165, 1.54) is 6.07 Å². The standard InChI is InChI=1S/C14H10BrClF3NO/c15-10-3-1-2-8(13(10)21)7-20-12-6-9(14(17,18)19)4-5-11(12)16/h1-6,20-21H,7H2. The number of benzene rings is 2. The molecule has 2 aromatic rings. The Kier molecular flexibility index (Phi) is 4.68. The maximum absolute atomic E-state index is 12.7. The summed E-state index contributed by atoms with van der Waals surface area (Å²) < 4.78 is 38.5. The van der Waals surface area contributed by atoms with Crippen molar-refractivity contribution in [3.05, 3.63) is 57.0 Å². The van der Waals surface area contributed by atoms with E-state index in [4.69, 9.17) is 11.6 Å². The van der Waals surface area contributed by atoms with E-state index in [0.29, 0.717) is 10.0 Å². The smallest absolute Gasteiger partial charge is 0.416 e. The summed E-state index contributed by atoms with van der Waals surface area (Å²) in [4.78, 5) is 0. The van der Waals surface area contributed by atoms with Crippen molar-refractivity contribution >= 4 is 33.2 Å². The first-order valence-corrected chi connectivity index (χ1v) is 7.03. The first-order valence-electron chi connectivity index (χ1n) is 5.86. The number of phenols is 1. The number of halogens is 5. The zero-order valence-electron chi connectivity index (χ0n) is 10.5. The minimum atomic E-state index is -4.43. The number of aromatic hydroxyl groups is 1. The van der Waals surface area contributed by atoms with Crippen LogP contribution in [0.2, 0.25) is 5.02 Å². The van der Waals surface area contributed by atoms with E-state index < -0.39 is 11.7 Å². The molecule has 0 saturated heterocycles. The molecule has 0 spiro atoms. The molecule has 0 fully saturated rings. The lowest BCUT2D eigenvalue weighted by Gasteiger charge is -2.13. The SMILES string of the molecule is Oc1c(Br)cccc1CNc1cc(C(F)(F)F)ccc1Cl. The molecule has 0 bridgehead atoms. The third-order valence-electron chi connectivity index (χ3n) is 2.83. The number of alkyl halides is 3. The molecule has 0 aliphatic rings. The van der Waals surface area contributed by atoms with Gasteiger partial charge in [-0.1, -0.05) is 23.7 Å². The average molecular weight is 381 g/mol. The maximum atomic E-state index is 12.7. The van der Waals surface area contributed by atoms with Crippen LogP contribution in [0.15, 0.2) is 40.9 Å². The Hall–Kier alpha value is -1.40. The molecule has 7 heteroatoms. The molecule has 0 aromatic heterocycles. The molecule has 0 amide bonds. The fraction of sp³-hybridized carbons (Fsp3) is 0.143. The number of hydrogen-bond donors (Lipinski definition) is 2. The highest BCUT2D eigenvalue weighted by Crippen LogP contribution is 2.34. The Bertz CT molecular complexity index is 661. The van der Waals surface area contributed by atoms with Crippen LogP contribution in [0.4, 0.5) is 18.9 Å². The molecule has 0 heterocycles. The average Bonchev–Trinajstić information content (AvgIpc) is 2.40. The van der Waals surface area contributed by atoms with Crippen molar-refractivity contribution in [2.45, 2.75) is 12.7 Å². The van der Waals surface area contributed by atoms with Gasteiger partial charge in [0, 0.05) is 12.1 Å². The monoisotopic (exact) mass is 379 g/mol. The van der Waals surface area contributed by atoms with Gasteiger partial charge in [0.2, 0.25) is 0 Å². The number of nitrogens with one attached hydrogen (secondary N) is 1. The Balaban J connectivity index is 2.22. The minimum absolute atomic E-state index is 0.0353. The largest absolute Gasteiger partial charge is 0.506 e. The summed E-state index contributed by atoms with van der Waals surface area (Å²) >= 11 is 9.05. The highest BCUT2D eigenvalue weighted by molar-refractivity contribution is 9.10. The highest BCUT2D eigenvalue weighted by atomic mass is 79.9. The van der Waals surface area contributed by atoms with Crippen LogP contribution in [0.1, 0.15) is 11.1 Å². The lowest BCUT2D eigenvalue weighted by atomic mass is 10.1. The van der Waals surface area contributed by atoms with Gasteiger partial charge in [-0.2, -0.15) is 13.2 Å². The van der Waals surface area contributed by atoms with E-state index in [0.717, 1.165) is 12.1 Å². The first-order chi connectivity index (χ1) is 9.79. The van der Waals surface area contributed by atoms with Crippen molar-refractivity contribution in [3.63, 3.8) is 0 Å². The van der Waals surface area contributed by atoms with E-state index >= 15 is 0 Å². The first kappa shape index (κ1) is 16.0. The lowest BCUT2D eigenvalue weighted by Crippen LogP contribution is -2.07. The summed E-state index contributed by atoms with van der Waals surface area (Å²) in [6, 6.07) is 8.09. The van der Waals surface area contributed by atoms with Gasteiger partial charge in [-0.15, -0.1) is 0 Å². The van der Waals surface area contributed by atoms with Crippen LogP contribution >= 0.6 is 27.5 Å². The molecule has 112 valence electrons. The Morgan fingerprint density at radius 3 is 2.57 bits per heavy atom. The van der Waals surface area contributed by atoms with Gasteiger partial charge in [-0.05, 0) is 40.2 Å². The summed E-state index contributed by atoms with van der Waals surface area (Å²) in [6.45, 7) is 0.145. The molecule has 2 N–H and O–H groups in total. The van der Waals surface area contributed by atoms with E-state index in [9.17, 15) is 18.3 Å². The lowest BCUT2D eigenvalue weighted by molar-refractivity contribution is -0.137. The van der Waals surface area contributed by atoms with Gasteiger partial charge in [-0.3, -0.25) is 0 Å². The molecule has 2 nitrogen and oxygen atoms in total. The summed E-state index contributed by atoms with van der Waals surface area (Å²) in [5, 5.41) is 12.8. The zero-order valence-corrected chi connectivity index (χ0v) is 12.9. The molecule has 0 aliphatic heterocycles. The summed E-state index contributed by atoms with van der Waals surface area (Å²) in [7, 11) is 0. The molecule has 0 radical (unpaired) electrons.